The van der Waals surface area contributed by atoms with E-state index in [2.05, 4.69) is 15.8 Å². The smallest absolute Gasteiger partial charge is 0.269 e. The van der Waals surface area contributed by atoms with E-state index in [1.54, 1.807) is 0 Å². The van der Waals surface area contributed by atoms with E-state index in [0.717, 1.165) is 5.56 Å². The molecule has 0 bridgehead atoms. The zero-order valence-corrected chi connectivity index (χ0v) is 14.3. The Labute approximate surface area is 145 Å². The molecular formula is C16H19N3O5S. The van der Waals surface area contributed by atoms with Gasteiger partial charge in [0.1, 0.15) is 5.71 Å². The molecule has 2 aliphatic heterocycles. The summed E-state index contributed by atoms with van der Waals surface area (Å²) in [6.45, 7) is -0.232. The fourth-order valence-electron chi connectivity index (χ4n) is 2.81. The molecule has 25 heavy (non-hydrogen) atoms. The third kappa shape index (κ3) is 4.56. The predicted octanol–water partition coefficient (Wildman–Crippen LogP) is -0.0765. The first-order valence-corrected chi connectivity index (χ1v) is 9.81. The third-order valence-corrected chi connectivity index (χ3v) is 5.88. The van der Waals surface area contributed by atoms with E-state index in [4.69, 9.17) is 4.84 Å². The Morgan fingerprint density at radius 3 is 2.68 bits per heavy atom. The van der Waals surface area contributed by atoms with Crippen LogP contribution in [0.2, 0.25) is 0 Å². The number of nitrogens with zero attached hydrogens (tertiary/aromatic N) is 1. The topological polar surface area (TPSA) is 114 Å². The molecule has 0 spiro atoms. The van der Waals surface area contributed by atoms with E-state index in [1.807, 2.05) is 30.3 Å². The second kappa shape index (κ2) is 7.22. The summed E-state index contributed by atoms with van der Waals surface area (Å²) in [5.41, 5.74) is 1.15. The molecule has 3 rings (SSSR count). The van der Waals surface area contributed by atoms with Crippen LogP contribution < -0.4 is 10.6 Å². The van der Waals surface area contributed by atoms with Gasteiger partial charge < -0.3 is 15.5 Å². The van der Waals surface area contributed by atoms with Crippen molar-refractivity contribution in [3.05, 3.63) is 35.9 Å². The number of carbonyl (C=O) groups is 2. The van der Waals surface area contributed by atoms with Crippen molar-refractivity contribution in [1.29, 1.82) is 0 Å². The lowest BCUT2D eigenvalue weighted by Gasteiger charge is -2.11. The molecule has 0 radical (unpaired) electrons. The molecule has 2 atom stereocenters. The Morgan fingerprint density at radius 1 is 1.24 bits per heavy atom. The number of hydrogen-bond acceptors (Lipinski definition) is 6. The van der Waals surface area contributed by atoms with Gasteiger partial charge in [0.05, 0.1) is 18.1 Å². The summed E-state index contributed by atoms with van der Waals surface area (Å²) in [5, 5.41) is 8.88. The fourth-order valence-corrected chi connectivity index (χ4v) is 4.48. The lowest BCUT2D eigenvalue weighted by molar-refractivity contribution is -0.123. The van der Waals surface area contributed by atoms with Gasteiger partial charge in [-0.1, -0.05) is 35.5 Å². The number of sulfone groups is 1. The molecule has 9 heteroatoms. The van der Waals surface area contributed by atoms with Gasteiger partial charge in [-0.3, -0.25) is 9.59 Å². The van der Waals surface area contributed by atoms with Gasteiger partial charge in [-0.25, -0.2) is 8.42 Å². The van der Waals surface area contributed by atoms with Crippen molar-refractivity contribution in [2.45, 2.75) is 25.0 Å². The van der Waals surface area contributed by atoms with Crippen LogP contribution in [0.4, 0.5) is 0 Å². The Balaban J connectivity index is 1.43. The standard InChI is InChI=1S/C16H19N3O5S/c20-15(18-12-6-7-25(22,23)10-12)9-17-16(21)13-8-14(24-19-13)11-4-2-1-3-5-11/h1-5,12,14H,6-10H2,(H,17,21)(H,18,20). The average molecular weight is 365 g/mol. The maximum atomic E-state index is 12.1. The molecule has 1 aromatic carbocycles. The maximum absolute atomic E-state index is 12.1. The fraction of sp³-hybridized carbons (Fsp3) is 0.438. The molecule has 0 aromatic heterocycles. The van der Waals surface area contributed by atoms with Gasteiger partial charge in [-0.15, -0.1) is 0 Å². The van der Waals surface area contributed by atoms with E-state index in [1.165, 1.54) is 0 Å². The lowest BCUT2D eigenvalue weighted by Crippen LogP contribution is -2.43. The van der Waals surface area contributed by atoms with Crippen LogP contribution in [0.5, 0.6) is 0 Å². The van der Waals surface area contributed by atoms with Gasteiger partial charge in [0.25, 0.3) is 5.91 Å². The lowest BCUT2D eigenvalue weighted by atomic mass is 10.0. The first-order chi connectivity index (χ1) is 11.9. The summed E-state index contributed by atoms with van der Waals surface area (Å²) in [6.07, 6.45) is 0.430. The molecule has 0 saturated carbocycles. The van der Waals surface area contributed by atoms with Crippen LogP contribution in [-0.4, -0.2) is 50.0 Å². The highest BCUT2D eigenvalue weighted by Crippen LogP contribution is 2.26. The molecule has 2 amide bonds. The zero-order chi connectivity index (χ0) is 17.9. The third-order valence-electron chi connectivity index (χ3n) is 4.11. The van der Waals surface area contributed by atoms with E-state index in [0.29, 0.717) is 12.8 Å². The summed E-state index contributed by atoms with van der Waals surface area (Å²) in [7, 11) is -3.06. The number of hydrogen-bond donors (Lipinski definition) is 2. The summed E-state index contributed by atoms with van der Waals surface area (Å²) < 4.78 is 22.7. The number of oxime groups is 1. The van der Waals surface area contributed by atoms with Crippen LogP contribution in [0.25, 0.3) is 0 Å². The van der Waals surface area contributed by atoms with Gasteiger partial charge in [0, 0.05) is 12.5 Å². The first kappa shape index (κ1) is 17.4. The van der Waals surface area contributed by atoms with Crippen LogP contribution in [0.1, 0.15) is 24.5 Å². The molecule has 2 unspecified atom stereocenters. The van der Waals surface area contributed by atoms with E-state index in [-0.39, 0.29) is 35.9 Å². The minimum Gasteiger partial charge on any atom is -0.387 e. The van der Waals surface area contributed by atoms with Crippen molar-refractivity contribution in [3.8, 4) is 0 Å². The molecule has 1 saturated heterocycles. The van der Waals surface area contributed by atoms with Crippen LogP contribution in [0.15, 0.2) is 35.5 Å². The Hall–Kier alpha value is -2.42. The Bertz CT molecular complexity index is 791. The molecular weight excluding hydrogens is 346 g/mol. The summed E-state index contributed by atoms with van der Waals surface area (Å²) >= 11 is 0. The Kier molecular flexibility index (Phi) is 5.03. The second-order valence-corrected chi connectivity index (χ2v) is 8.33. The molecule has 134 valence electrons. The first-order valence-electron chi connectivity index (χ1n) is 7.98. The Morgan fingerprint density at radius 2 is 2.00 bits per heavy atom. The number of benzene rings is 1. The van der Waals surface area contributed by atoms with Crippen LogP contribution in [0.3, 0.4) is 0 Å². The SMILES string of the molecule is O=C(CNC(=O)C1=NOC(c2ccccc2)C1)NC1CCS(=O)(=O)C1. The van der Waals surface area contributed by atoms with Crippen LogP contribution in [0, 0.1) is 0 Å². The monoisotopic (exact) mass is 365 g/mol. The van der Waals surface area contributed by atoms with Gasteiger partial charge in [0.2, 0.25) is 5.91 Å². The van der Waals surface area contributed by atoms with Crippen molar-refractivity contribution in [2.75, 3.05) is 18.1 Å². The average Bonchev–Trinajstić information content (AvgIpc) is 3.20. The highest BCUT2D eigenvalue weighted by Gasteiger charge is 2.30. The van der Waals surface area contributed by atoms with Crippen molar-refractivity contribution in [1.82, 2.24) is 10.6 Å². The quantitative estimate of drug-likeness (QED) is 0.758. The van der Waals surface area contributed by atoms with E-state index in [9.17, 15) is 18.0 Å². The summed E-state index contributed by atoms with van der Waals surface area (Å²) in [6, 6.07) is 9.05. The number of nitrogens with one attached hydrogen (secondary N) is 2. The zero-order valence-electron chi connectivity index (χ0n) is 13.5. The summed E-state index contributed by atoms with van der Waals surface area (Å²) in [5.74, 6) is -0.854. The minimum atomic E-state index is -3.06. The number of amides is 2. The minimum absolute atomic E-state index is 0.0496. The molecule has 2 heterocycles. The molecule has 1 fully saturated rings. The van der Waals surface area contributed by atoms with Gasteiger partial charge >= 0.3 is 0 Å². The highest BCUT2D eigenvalue weighted by atomic mass is 32.2. The molecule has 1 aromatic rings. The van der Waals surface area contributed by atoms with Crippen molar-refractivity contribution in [3.63, 3.8) is 0 Å². The molecule has 0 aliphatic carbocycles. The molecule has 2 aliphatic rings. The van der Waals surface area contributed by atoms with Gasteiger partial charge in [0.15, 0.2) is 15.9 Å². The van der Waals surface area contributed by atoms with E-state index < -0.39 is 21.7 Å². The predicted molar refractivity (Wildman–Crippen MR) is 90.5 cm³/mol. The van der Waals surface area contributed by atoms with Crippen LogP contribution in [-0.2, 0) is 24.3 Å². The van der Waals surface area contributed by atoms with Crippen molar-refractivity contribution >= 4 is 27.4 Å². The van der Waals surface area contributed by atoms with Crippen LogP contribution >= 0.6 is 0 Å². The maximum Gasteiger partial charge on any atom is 0.269 e. The van der Waals surface area contributed by atoms with E-state index >= 15 is 0 Å². The highest BCUT2D eigenvalue weighted by molar-refractivity contribution is 7.91. The summed E-state index contributed by atoms with van der Waals surface area (Å²) in [4.78, 5) is 29.2. The second-order valence-electron chi connectivity index (χ2n) is 6.10. The van der Waals surface area contributed by atoms with Gasteiger partial charge in [-0.2, -0.15) is 0 Å². The number of carbonyl (C=O) groups excluding carboxylic acids is 2. The largest absolute Gasteiger partial charge is 0.387 e. The molecule has 2 N–H and O–H groups in total. The normalized spacial score (nSPS) is 24.2. The van der Waals surface area contributed by atoms with Crippen molar-refractivity contribution < 1.29 is 22.8 Å². The number of rotatable bonds is 5. The van der Waals surface area contributed by atoms with Crippen molar-refractivity contribution in [2.24, 2.45) is 5.16 Å². The van der Waals surface area contributed by atoms with Gasteiger partial charge in [-0.05, 0) is 12.0 Å². The molecule has 8 nitrogen and oxygen atoms in total.